The van der Waals surface area contributed by atoms with Crippen molar-refractivity contribution in [3.8, 4) is 0 Å². The molecule has 1 heterocycles. The molecule has 0 aromatic rings. The van der Waals surface area contributed by atoms with Crippen molar-refractivity contribution in [3.05, 3.63) is 0 Å². The molecule has 0 bridgehead atoms. The molecule has 1 fully saturated rings. The Balaban J connectivity index is 2.55. The van der Waals surface area contributed by atoms with Crippen molar-refractivity contribution in [2.75, 3.05) is 19.3 Å². The molecule has 1 aliphatic heterocycles. The first-order valence-corrected chi connectivity index (χ1v) is 3.74. The Morgan fingerprint density at radius 3 is 2.90 bits per heavy atom. The van der Waals surface area contributed by atoms with E-state index in [9.17, 15) is 9.59 Å². The molecule has 0 N–H and O–H groups in total. The molecule has 1 atom stereocenters. The van der Waals surface area contributed by atoms with Crippen LogP contribution < -0.4 is 0 Å². The molecule has 0 radical (unpaired) electrons. The van der Waals surface area contributed by atoms with Crippen LogP contribution >= 0.6 is 9.24 Å². The molecule has 1 aliphatic rings. The van der Waals surface area contributed by atoms with Crippen LogP contribution in [0.5, 0.6) is 0 Å². The quantitative estimate of drug-likeness (QED) is 0.502. The van der Waals surface area contributed by atoms with Gasteiger partial charge in [0.1, 0.15) is 6.61 Å². The van der Waals surface area contributed by atoms with Crippen LogP contribution in [0, 0.1) is 0 Å². The summed E-state index contributed by atoms with van der Waals surface area (Å²) in [6.45, 7) is 0.724. The van der Waals surface area contributed by atoms with Gasteiger partial charge in [-0.3, -0.25) is 4.79 Å². The Labute approximate surface area is 60.7 Å². The SMILES string of the molecule is O=C(CP)N1CCOC1=O. The van der Waals surface area contributed by atoms with E-state index >= 15 is 0 Å². The van der Waals surface area contributed by atoms with E-state index in [0.717, 1.165) is 4.90 Å². The molecule has 56 valence electrons. The zero-order chi connectivity index (χ0) is 7.56. The third-order valence-electron chi connectivity index (χ3n) is 1.24. The minimum atomic E-state index is -0.521. The fourth-order valence-corrected chi connectivity index (χ4v) is 0.951. The molecule has 0 aromatic heterocycles. The van der Waals surface area contributed by atoms with E-state index in [-0.39, 0.29) is 12.1 Å². The van der Waals surface area contributed by atoms with Crippen LogP contribution in [0.4, 0.5) is 4.79 Å². The van der Waals surface area contributed by atoms with E-state index < -0.39 is 6.09 Å². The van der Waals surface area contributed by atoms with Gasteiger partial charge in [-0.2, -0.15) is 0 Å². The second kappa shape index (κ2) is 2.97. The van der Waals surface area contributed by atoms with Crippen molar-refractivity contribution >= 4 is 21.2 Å². The molecule has 0 aliphatic carbocycles. The number of nitrogens with zero attached hydrogens (tertiary/aromatic N) is 1. The normalized spacial score (nSPS) is 17.3. The third kappa shape index (κ3) is 1.27. The van der Waals surface area contributed by atoms with Crippen molar-refractivity contribution in [2.24, 2.45) is 0 Å². The molecule has 1 saturated heterocycles. The van der Waals surface area contributed by atoms with Gasteiger partial charge in [0.15, 0.2) is 0 Å². The van der Waals surface area contributed by atoms with Crippen LogP contribution in [0.1, 0.15) is 0 Å². The van der Waals surface area contributed by atoms with Crippen molar-refractivity contribution < 1.29 is 14.3 Å². The first-order valence-electron chi connectivity index (χ1n) is 2.93. The molecular weight excluding hydrogens is 153 g/mol. The number of amides is 2. The van der Waals surface area contributed by atoms with Crippen molar-refractivity contribution in [3.63, 3.8) is 0 Å². The highest BCUT2D eigenvalue weighted by atomic mass is 31.0. The number of ether oxygens (including phenoxy) is 1. The molecule has 1 rings (SSSR count). The van der Waals surface area contributed by atoms with E-state index in [4.69, 9.17) is 0 Å². The molecule has 2 amide bonds. The molecule has 10 heavy (non-hydrogen) atoms. The second-order valence-electron chi connectivity index (χ2n) is 1.86. The predicted molar refractivity (Wildman–Crippen MR) is 37.6 cm³/mol. The summed E-state index contributed by atoms with van der Waals surface area (Å²) in [4.78, 5) is 22.6. The van der Waals surface area contributed by atoms with E-state index in [0.29, 0.717) is 13.2 Å². The standard InChI is InChI=1S/C5H8NO3P/c7-4(3-10)6-1-2-9-5(6)8/h1-3,10H2. The van der Waals surface area contributed by atoms with Crippen LogP contribution in [0.2, 0.25) is 0 Å². The predicted octanol–water partition coefficient (Wildman–Crippen LogP) is -0.160. The van der Waals surface area contributed by atoms with Gasteiger partial charge >= 0.3 is 6.09 Å². The van der Waals surface area contributed by atoms with Crippen molar-refractivity contribution in [1.82, 2.24) is 4.90 Å². The summed E-state index contributed by atoms with van der Waals surface area (Å²) in [5.74, 6) is -0.201. The van der Waals surface area contributed by atoms with Crippen molar-refractivity contribution in [2.45, 2.75) is 0 Å². The van der Waals surface area contributed by atoms with Gasteiger partial charge in [0.2, 0.25) is 5.91 Å². The summed E-state index contributed by atoms with van der Waals surface area (Å²) in [6, 6.07) is 0. The average molecular weight is 161 g/mol. The number of imide groups is 1. The third-order valence-corrected chi connectivity index (χ3v) is 1.59. The van der Waals surface area contributed by atoms with E-state index in [1.54, 1.807) is 0 Å². The van der Waals surface area contributed by atoms with Gasteiger partial charge in [0.25, 0.3) is 0 Å². The Hall–Kier alpha value is -0.630. The van der Waals surface area contributed by atoms with E-state index in [1.807, 2.05) is 0 Å². The molecule has 0 spiro atoms. The smallest absolute Gasteiger partial charge is 0.416 e. The second-order valence-corrected chi connectivity index (χ2v) is 2.27. The van der Waals surface area contributed by atoms with Crippen LogP contribution in [0.25, 0.3) is 0 Å². The topological polar surface area (TPSA) is 46.6 Å². The van der Waals surface area contributed by atoms with Gasteiger partial charge in [0.05, 0.1) is 6.54 Å². The van der Waals surface area contributed by atoms with Gasteiger partial charge in [-0.25, -0.2) is 9.69 Å². The first kappa shape index (κ1) is 7.48. The van der Waals surface area contributed by atoms with Gasteiger partial charge in [-0.05, 0) is 0 Å². The zero-order valence-corrected chi connectivity index (χ0v) is 6.53. The summed E-state index contributed by atoms with van der Waals surface area (Å²) in [6.07, 6.45) is -0.248. The fraction of sp³-hybridized carbons (Fsp3) is 0.600. The van der Waals surface area contributed by atoms with Crippen molar-refractivity contribution in [1.29, 1.82) is 0 Å². The molecule has 0 saturated carbocycles. The maximum Gasteiger partial charge on any atom is 0.416 e. The van der Waals surface area contributed by atoms with Gasteiger partial charge in [-0.1, -0.05) is 0 Å². The lowest BCUT2D eigenvalue weighted by atomic mass is 10.5. The molecule has 5 heteroatoms. The highest BCUT2D eigenvalue weighted by Crippen LogP contribution is 2.04. The monoisotopic (exact) mass is 161 g/mol. The number of hydrogen-bond donors (Lipinski definition) is 0. The lowest BCUT2D eigenvalue weighted by molar-refractivity contribution is -0.125. The van der Waals surface area contributed by atoms with Gasteiger partial charge in [0, 0.05) is 6.16 Å². The summed E-state index contributed by atoms with van der Waals surface area (Å²) in [5, 5.41) is 0. The highest BCUT2D eigenvalue weighted by molar-refractivity contribution is 7.18. The summed E-state index contributed by atoms with van der Waals surface area (Å²) < 4.78 is 4.55. The minimum Gasteiger partial charge on any atom is -0.447 e. The molecule has 4 nitrogen and oxygen atoms in total. The van der Waals surface area contributed by atoms with Crippen LogP contribution in [-0.2, 0) is 9.53 Å². The Bertz CT molecular complexity index is 170. The number of cyclic esters (lactones) is 1. The zero-order valence-electron chi connectivity index (χ0n) is 5.37. The summed E-state index contributed by atoms with van der Waals surface area (Å²) in [5.41, 5.74) is 0. The molecular formula is C5H8NO3P. The fourth-order valence-electron chi connectivity index (χ4n) is 0.730. The summed E-state index contributed by atoms with van der Waals surface area (Å²) >= 11 is 0. The number of rotatable bonds is 1. The number of carbonyl (C=O) groups excluding carboxylic acids is 2. The lowest BCUT2D eigenvalue weighted by Crippen LogP contribution is -2.32. The minimum absolute atomic E-state index is 0.201. The van der Waals surface area contributed by atoms with Crippen LogP contribution in [-0.4, -0.2) is 36.2 Å². The van der Waals surface area contributed by atoms with E-state index in [2.05, 4.69) is 14.0 Å². The largest absolute Gasteiger partial charge is 0.447 e. The van der Waals surface area contributed by atoms with Crippen LogP contribution in [0.15, 0.2) is 0 Å². The Morgan fingerprint density at radius 2 is 2.50 bits per heavy atom. The maximum atomic E-state index is 10.8. The summed E-state index contributed by atoms with van der Waals surface area (Å²) in [7, 11) is 2.27. The number of carbonyl (C=O) groups is 2. The van der Waals surface area contributed by atoms with E-state index in [1.165, 1.54) is 0 Å². The maximum absolute atomic E-state index is 10.8. The molecule has 1 unspecified atom stereocenters. The average Bonchev–Trinajstić information content (AvgIpc) is 2.34. The number of hydrogen-bond acceptors (Lipinski definition) is 3. The molecule has 0 aromatic carbocycles. The van der Waals surface area contributed by atoms with Crippen LogP contribution in [0.3, 0.4) is 0 Å². The van der Waals surface area contributed by atoms with Gasteiger partial charge < -0.3 is 4.74 Å². The van der Waals surface area contributed by atoms with Gasteiger partial charge in [-0.15, -0.1) is 9.24 Å². The lowest BCUT2D eigenvalue weighted by Gasteiger charge is -2.06. The Morgan fingerprint density at radius 1 is 1.80 bits per heavy atom. The Kier molecular flexibility index (Phi) is 2.22. The highest BCUT2D eigenvalue weighted by Gasteiger charge is 2.26. The first-order chi connectivity index (χ1) is 4.75.